The summed E-state index contributed by atoms with van der Waals surface area (Å²) in [6.07, 6.45) is 5.17. The molecule has 130 valence electrons. The van der Waals surface area contributed by atoms with Crippen molar-refractivity contribution in [3.63, 3.8) is 0 Å². The Morgan fingerprint density at radius 3 is 2.04 bits per heavy atom. The number of anilines is 1. The minimum Gasteiger partial charge on any atom is -0.494 e. The smallest absolute Gasteiger partial charge is 0.238 e. The lowest BCUT2D eigenvalue weighted by Crippen LogP contribution is -2.33. The second kappa shape index (κ2) is 5.87. The van der Waals surface area contributed by atoms with E-state index in [1.807, 2.05) is 12.1 Å². The fourth-order valence-corrected chi connectivity index (χ4v) is 4.60. The summed E-state index contributed by atoms with van der Waals surface area (Å²) in [7, 11) is 0. The van der Waals surface area contributed by atoms with Gasteiger partial charge in [0.2, 0.25) is 11.8 Å². The Hall–Kier alpha value is -2.36. The van der Waals surface area contributed by atoms with Crippen LogP contribution in [0, 0.1) is 23.7 Å². The van der Waals surface area contributed by atoms with E-state index in [4.69, 9.17) is 4.74 Å². The molecule has 2 aliphatic carbocycles. The fraction of sp³-hybridized carbons (Fsp3) is 0.429. The van der Waals surface area contributed by atoms with Crippen LogP contribution in [0.15, 0.2) is 47.6 Å². The molecule has 1 saturated heterocycles. The maximum absolute atomic E-state index is 13.0. The average molecular weight is 337 g/mol. The molecule has 4 atom stereocenters. The highest BCUT2D eigenvalue weighted by Crippen LogP contribution is 2.57. The Labute approximate surface area is 148 Å². The van der Waals surface area contributed by atoms with Crippen molar-refractivity contribution < 1.29 is 14.3 Å². The summed E-state index contributed by atoms with van der Waals surface area (Å²) in [4.78, 5) is 27.4. The Morgan fingerprint density at radius 1 is 1.00 bits per heavy atom. The van der Waals surface area contributed by atoms with Crippen molar-refractivity contribution in [3.05, 3.63) is 47.6 Å². The molecule has 1 aromatic carbocycles. The van der Waals surface area contributed by atoms with Crippen molar-refractivity contribution in [2.24, 2.45) is 23.7 Å². The summed E-state index contributed by atoms with van der Waals surface area (Å²) >= 11 is 0. The van der Waals surface area contributed by atoms with Crippen LogP contribution in [-0.4, -0.2) is 18.4 Å². The van der Waals surface area contributed by atoms with Crippen LogP contribution in [-0.2, 0) is 9.59 Å². The van der Waals surface area contributed by atoms with Crippen molar-refractivity contribution in [2.45, 2.75) is 27.2 Å². The van der Waals surface area contributed by atoms with Crippen molar-refractivity contribution >= 4 is 17.5 Å². The van der Waals surface area contributed by atoms with Gasteiger partial charge in [0.15, 0.2) is 0 Å². The summed E-state index contributed by atoms with van der Waals surface area (Å²) in [6.45, 7) is 6.86. The number of fused-ring (bicyclic) bond motifs is 5. The predicted octanol–water partition coefficient (Wildman–Crippen LogP) is 3.73. The van der Waals surface area contributed by atoms with Gasteiger partial charge >= 0.3 is 0 Å². The number of hydrogen-bond donors (Lipinski definition) is 0. The third-order valence-corrected chi connectivity index (χ3v) is 5.56. The molecule has 0 unspecified atom stereocenters. The van der Waals surface area contributed by atoms with Crippen molar-refractivity contribution in [1.82, 2.24) is 0 Å². The van der Waals surface area contributed by atoms with Gasteiger partial charge in [-0.25, -0.2) is 4.90 Å². The van der Waals surface area contributed by atoms with E-state index in [9.17, 15) is 9.59 Å². The standard InChI is InChI=1S/C21H23NO3/c1-4-11-25-14-7-5-13(6-8-14)22-20(23)18-15-9-10-16(17(15)12(2)3)19(18)21(22)24/h5-10,15-16,18-19H,4,11H2,1-3H3/t15-,16+,18+,19-. The second-order valence-electron chi connectivity index (χ2n) is 7.30. The summed E-state index contributed by atoms with van der Waals surface area (Å²) in [5.74, 6) is 0.355. The number of imide groups is 1. The third kappa shape index (κ3) is 2.27. The van der Waals surface area contributed by atoms with Gasteiger partial charge in [-0.3, -0.25) is 9.59 Å². The number of ether oxygens (including phenoxy) is 1. The first-order valence-electron chi connectivity index (χ1n) is 9.01. The maximum atomic E-state index is 13.0. The molecule has 1 aliphatic heterocycles. The first kappa shape index (κ1) is 16.1. The van der Waals surface area contributed by atoms with E-state index in [-0.39, 0.29) is 35.5 Å². The van der Waals surface area contributed by atoms with Gasteiger partial charge in [-0.05, 0) is 44.5 Å². The van der Waals surface area contributed by atoms with E-state index in [2.05, 4.69) is 32.9 Å². The van der Waals surface area contributed by atoms with Crippen molar-refractivity contribution in [2.75, 3.05) is 11.5 Å². The lowest BCUT2D eigenvalue weighted by atomic mass is 9.85. The average Bonchev–Trinajstić information content (AvgIpc) is 3.24. The number of nitrogens with zero attached hydrogens (tertiary/aromatic N) is 1. The van der Waals surface area contributed by atoms with E-state index >= 15 is 0 Å². The molecule has 4 nitrogen and oxygen atoms in total. The van der Waals surface area contributed by atoms with Crippen molar-refractivity contribution in [3.8, 4) is 5.75 Å². The highest BCUT2D eigenvalue weighted by atomic mass is 16.5. The first-order chi connectivity index (χ1) is 12.0. The monoisotopic (exact) mass is 337 g/mol. The number of carbonyl (C=O) groups is 2. The molecule has 4 rings (SSSR count). The normalized spacial score (nSPS) is 29.6. The molecule has 0 spiro atoms. The minimum atomic E-state index is -0.233. The zero-order valence-corrected chi connectivity index (χ0v) is 14.9. The van der Waals surface area contributed by atoms with Crippen LogP contribution in [0.4, 0.5) is 5.69 Å². The highest BCUT2D eigenvalue weighted by molar-refractivity contribution is 6.23. The highest BCUT2D eigenvalue weighted by Gasteiger charge is 2.61. The molecule has 0 radical (unpaired) electrons. The van der Waals surface area contributed by atoms with Crippen LogP contribution >= 0.6 is 0 Å². The molecule has 3 aliphatic rings. The van der Waals surface area contributed by atoms with Gasteiger partial charge in [-0.1, -0.05) is 30.2 Å². The molecule has 1 aromatic rings. The summed E-state index contributed by atoms with van der Waals surface area (Å²) in [5.41, 5.74) is 3.16. The van der Waals surface area contributed by atoms with Gasteiger partial charge in [0.05, 0.1) is 24.1 Å². The van der Waals surface area contributed by atoms with Crippen LogP contribution < -0.4 is 9.64 Å². The van der Waals surface area contributed by atoms with Gasteiger partial charge in [-0.2, -0.15) is 0 Å². The molecule has 0 aromatic heterocycles. The number of allylic oxidation sites excluding steroid dienone is 4. The lowest BCUT2D eigenvalue weighted by molar-refractivity contribution is -0.122. The molecule has 0 N–H and O–H groups in total. The SMILES string of the molecule is CCCOc1ccc(N2C(=O)[C@@H]3[C@H](C2=O)[C@H]2C=C[C@@H]3C2=C(C)C)cc1. The van der Waals surface area contributed by atoms with Gasteiger partial charge in [0.1, 0.15) is 5.75 Å². The fourth-order valence-electron chi connectivity index (χ4n) is 4.60. The Morgan fingerprint density at radius 2 is 1.56 bits per heavy atom. The van der Waals surface area contributed by atoms with Crippen LogP contribution in [0.2, 0.25) is 0 Å². The number of benzene rings is 1. The Bertz CT molecular complexity index is 752. The van der Waals surface area contributed by atoms with Crippen molar-refractivity contribution in [1.29, 1.82) is 0 Å². The summed E-state index contributed by atoms with van der Waals surface area (Å²) in [6, 6.07) is 7.26. The zero-order valence-electron chi connectivity index (χ0n) is 14.9. The molecule has 1 saturated carbocycles. The molecule has 25 heavy (non-hydrogen) atoms. The Kier molecular flexibility index (Phi) is 3.78. The van der Waals surface area contributed by atoms with E-state index in [0.717, 1.165) is 12.2 Å². The van der Waals surface area contributed by atoms with E-state index in [1.165, 1.54) is 16.0 Å². The molecule has 2 bridgehead atoms. The molecular weight excluding hydrogens is 314 g/mol. The van der Waals surface area contributed by atoms with E-state index in [1.54, 1.807) is 12.1 Å². The summed E-state index contributed by atoms with van der Waals surface area (Å²) in [5, 5.41) is 0. The van der Waals surface area contributed by atoms with Gasteiger partial charge in [0.25, 0.3) is 0 Å². The lowest BCUT2D eigenvalue weighted by Gasteiger charge is -2.19. The van der Waals surface area contributed by atoms with E-state index < -0.39 is 0 Å². The largest absolute Gasteiger partial charge is 0.494 e. The number of hydrogen-bond acceptors (Lipinski definition) is 3. The molecule has 2 amide bonds. The van der Waals surface area contributed by atoms with Gasteiger partial charge in [-0.15, -0.1) is 0 Å². The number of amides is 2. The number of carbonyl (C=O) groups excluding carboxylic acids is 2. The molecule has 4 heteroatoms. The molecule has 2 fully saturated rings. The Balaban J connectivity index is 1.62. The van der Waals surface area contributed by atoms with Crippen LogP contribution in [0.5, 0.6) is 5.75 Å². The summed E-state index contributed by atoms with van der Waals surface area (Å²) < 4.78 is 5.58. The molecular formula is C21H23NO3. The van der Waals surface area contributed by atoms with E-state index in [0.29, 0.717) is 12.3 Å². The maximum Gasteiger partial charge on any atom is 0.238 e. The van der Waals surface area contributed by atoms with Crippen LogP contribution in [0.25, 0.3) is 0 Å². The van der Waals surface area contributed by atoms with Crippen LogP contribution in [0.1, 0.15) is 27.2 Å². The molecule has 1 heterocycles. The van der Waals surface area contributed by atoms with Crippen LogP contribution in [0.3, 0.4) is 0 Å². The van der Waals surface area contributed by atoms with Gasteiger partial charge < -0.3 is 4.74 Å². The zero-order chi connectivity index (χ0) is 17.7. The minimum absolute atomic E-state index is 0.0622. The quantitative estimate of drug-likeness (QED) is 0.621. The number of rotatable bonds is 4. The topological polar surface area (TPSA) is 46.6 Å². The van der Waals surface area contributed by atoms with Gasteiger partial charge in [0, 0.05) is 11.8 Å². The second-order valence-corrected chi connectivity index (χ2v) is 7.30. The third-order valence-electron chi connectivity index (χ3n) is 5.56. The predicted molar refractivity (Wildman–Crippen MR) is 96.2 cm³/mol. The first-order valence-corrected chi connectivity index (χ1v) is 9.01.